The lowest BCUT2D eigenvalue weighted by molar-refractivity contribution is 0.658. The third-order valence-electron chi connectivity index (χ3n) is 5.75. The highest BCUT2D eigenvalue weighted by molar-refractivity contribution is 5.84. The largest absolute Gasteiger partial charge is 0.383 e. The number of benzene rings is 2. The molecule has 0 fully saturated rings. The zero-order valence-corrected chi connectivity index (χ0v) is 16.3. The average molecular weight is 384 g/mol. The Balaban J connectivity index is 1.57. The molecule has 2 aromatic carbocycles. The Labute approximate surface area is 169 Å². The maximum atomic E-state index is 6.25. The molecule has 2 aromatic heterocycles. The highest BCUT2D eigenvalue weighted by atomic mass is 15.3. The number of hydrogen-bond acceptors (Lipinski definition) is 5. The first-order valence-electron chi connectivity index (χ1n) is 10.1. The number of aryl methyl sites for hydroxylation is 1. The third-order valence-corrected chi connectivity index (χ3v) is 5.75. The van der Waals surface area contributed by atoms with Gasteiger partial charge in [-0.05, 0) is 48.9 Å². The lowest BCUT2D eigenvalue weighted by Gasteiger charge is -2.17. The van der Waals surface area contributed by atoms with Gasteiger partial charge in [-0.25, -0.2) is 14.6 Å². The number of para-hydroxylation sites is 1. The van der Waals surface area contributed by atoms with Crippen molar-refractivity contribution in [3.05, 3.63) is 76.9 Å². The van der Waals surface area contributed by atoms with Crippen molar-refractivity contribution in [1.29, 1.82) is 0 Å². The topological polar surface area (TPSA) is 95.6 Å². The molecule has 0 amide bonds. The summed E-state index contributed by atoms with van der Waals surface area (Å²) in [5, 5.41) is 5.74. The van der Waals surface area contributed by atoms with Gasteiger partial charge in [0.25, 0.3) is 0 Å². The lowest BCUT2D eigenvalue weighted by atomic mass is 9.96. The monoisotopic (exact) mass is 384 g/mol. The standard InChI is InChI=1S/C23H24N6/c24-13-16-7-5-11-21-18(16)14-26-29(21)20-10-4-1-6-15(20)12-22-27-19-9-3-2-8-17(19)23(25)28-22/h1,4-7,10-11,14H,2-3,8-9,12-13,24H2,(H2,25,27,28). The molecule has 0 saturated carbocycles. The van der Waals surface area contributed by atoms with Crippen LogP contribution in [-0.2, 0) is 25.8 Å². The molecule has 6 heteroatoms. The summed E-state index contributed by atoms with van der Waals surface area (Å²) in [7, 11) is 0. The summed E-state index contributed by atoms with van der Waals surface area (Å²) in [4.78, 5) is 9.46. The van der Waals surface area contributed by atoms with E-state index < -0.39 is 0 Å². The van der Waals surface area contributed by atoms with E-state index in [4.69, 9.17) is 16.5 Å². The SMILES string of the molecule is NCc1cccc2c1cnn2-c1ccccc1Cc1nc(N)c2c(n1)CCCC2. The smallest absolute Gasteiger partial charge is 0.135 e. The summed E-state index contributed by atoms with van der Waals surface area (Å²) in [6, 6.07) is 14.4. The normalized spacial score (nSPS) is 13.6. The van der Waals surface area contributed by atoms with Gasteiger partial charge in [-0.2, -0.15) is 5.10 Å². The molecule has 146 valence electrons. The second kappa shape index (κ2) is 7.29. The van der Waals surface area contributed by atoms with E-state index in [0.29, 0.717) is 18.8 Å². The van der Waals surface area contributed by atoms with E-state index in [9.17, 15) is 0 Å². The van der Waals surface area contributed by atoms with Gasteiger partial charge in [0.2, 0.25) is 0 Å². The Bertz CT molecular complexity index is 1190. The first kappa shape index (κ1) is 17.8. The van der Waals surface area contributed by atoms with Crippen molar-refractivity contribution in [3.8, 4) is 5.69 Å². The number of fused-ring (bicyclic) bond motifs is 2. The van der Waals surface area contributed by atoms with Crippen LogP contribution in [0.15, 0.2) is 48.7 Å². The average Bonchev–Trinajstić information content (AvgIpc) is 3.18. The van der Waals surface area contributed by atoms with Crippen molar-refractivity contribution in [2.45, 2.75) is 38.6 Å². The predicted octanol–water partition coefficient (Wildman–Crippen LogP) is 3.33. The van der Waals surface area contributed by atoms with Crippen LogP contribution in [0, 0.1) is 0 Å². The number of nitrogen functional groups attached to an aromatic ring is 1. The summed E-state index contributed by atoms with van der Waals surface area (Å²) >= 11 is 0. The van der Waals surface area contributed by atoms with Crippen LogP contribution in [0.3, 0.4) is 0 Å². The summed E-state index contributed by atoms with van der Waals surface area (Å²) in [6.45, 7) is 0.493. The fourth-order valence-corrected chi connectivity index (χ4v) is 4.27. The minimum atomic E-state index is 0.493. The molecule has 4 aromatic rings. The molecule has 6 nitrogen and oxygen atoms in total. The van der Waals surface area contributed by atoms with Gasteiger partial charge >= 0.3 is 0 Å². The molecule has 1 aliphatic carbocycles. The van der Waals surface area contributed by atoms with Crippen molar-refractivity contribution in [1.82, 2.24) is 19.7 Å². The zero-order valence-electron chi connectivity index (χ0n) is 16.3. The number of nitrogens with two attached hydrogens (primary N) is 2. The third kappa shape index (κ3) is 3.15. The van der Waals surface area contributed by atoms with E-state index in [0.717, 1.165) is 57.6 Å². The molecule has 0 bridgehead atoms. The van der Waals surface area contributed by atoms with Crippen LogP contribution in [0.5, 0.6) is 0 Å². The molecule has 0 spiro atoms. The molecule has 2 heterocycles. The van der Waals surface area contributed by atoms with E-state index in [1.54, 1.807) is 0 Å². The molecular formula is C23H24N6. The maximum absolute atomic E-state index is 6.25. The van der Waals surface area contributed by atoms with Crippen LogP contribution in [-0.4, -0.2) is 19.7 Å². The minimum absolute atomic E-state index is 0.493. The predicted molar refractivity (Wildman–Crippen MR) is 115 cm³/mol. The van der Waals surface area contributed by atoms with Gasteiger partial charge in [0.15, 0.2) is 0 Å². The number of rotatable bonds is 4. The Hall–Kier alpha value is -3.25. The quantitative estimate of drug-likeness (QED) is 0.563. The Morgan fingerprint density at radius 1 is 0.931 bits per heavy atom. The Morgan fingerprint density at radius 3 is 2.66 bits per heavy atom. The van der Waals surface area contributed by atoms with Gasteiger partial charge in [0, 0.05) is 29.6 Å². The van der Waals surface area contributed by atoms with Crippen LogP contribution in [0.2, 0.25) is 0 Å². The number of nitrogens with zero attached hydrogens (tertiary/aromatic N) is 4. The molecule has 0 unspecified atom stereocenters. The van der Waals surface area contributed by atoms with Crippen LogP contribution in [0.1, 0.15) is 41.1 Å². The minimum Gasteiger partial charge on any atom is -0.383 e. The van der Waals surface area contributed by atoms with Crippen LogP contribution in [0.4, 0.5) is 5.82 Å². The fourth-order valence-electron chi connectivity index (χ4n) is 4.27. The van der Waals surface area contributed by atoms with Gasteiger partial charge < -0.3 is 11.5 Å². The van der Waals surface area contributed by atoms with Crippen LogP contribution >= 0.6 is 0 Å². The molecule has 5 rings (SSSR count). The first-order chi connectivity index (χ1) is 14.2. The van der Waals surface area contributed by atoms with E-state index >= 15 is 0 Å². The highest BCUT2D eigenvalue weighted by Gasteiger charge is 2.17. The molecular weight excluding hydrogens is 360 g/mol. The summed E-state index contributed by atoms with van der Waals surface area (Å²) in [6.07, 6.45) is 6.82. The number of anilines is 1. The van der Waals surface area contributed by atoms with E-state index in [2.05, 4.69) is 28.3 Å². The lowest BCUT2D eigenvalue weighted by Crippen LogP contribution is -2.14. The van der Waals surface area contributed by atoms with Crippen molar-refractivity contribution >= 4 is 16.7 Å². The molecule has 0 saturated heterocycles. The molecule has 0 atom stereocenters. The molecule has 29 heavy (non-hydrogen) atoms. The molecule has 4 N–H and O–H groups in total. The second-order valence-corrected chi connectivity index (χ2v) is 7.57. The Kier molecular flexibility index (Phi) is 4.48. The fraction of sp³-hybridized carbons (Fsp3) is 0.261. The van der Waals surface area contributed by atoms with Crippen molar-refractivity contribution < 1.29 is 0 Å². The summed E-state index contributed by atoms with van der Waals surface area (Å²) in [5.74, 6) is 1.41. The van der Waals surface area contributed by atoms with E-state index in [1.807, 2.05) is 35.1 Å². The number of hydrogen-bond donors (Lipinski definition) is 2. The van der Waals surface area contributed by atoms with Gasteiger partial charge in [-0.15, -0.1) is 0 Å². The maximum Gasteiger partial charge on any atom is 0.135 e. The van der Waals surface area contributed by atoms with Gasteiger partial charge in [-0.3, -0.25) is 0 Å². The van der Waals surface area contributed by atoms with Gasteiger partial charge in [0.05, 0.1) is 17.4 Å². The Morgan fingerprint density at radius 2 is 1.76 bits per heavy atom. The highest BCUT2D eigenvalue weighted by Crippen LogP contribution is 2.27. The van der Waals surface area contributed by atoms with Crippen molar-refractivity contribution in [3.63, 3.8) is 0 Å². The summed E-state index contributed by atoms with van der Waals surface area (Å²) < 4.78 is 1.98. The number of aromatic nitrogens is 4. The van der Waals surface area contributed by atoms with Crippen molar-refractivity contribution in [2.75, 3.05) is 5.73 Å². The molecule has 1 aliphatic rings. The van der Waals surface area contributed by atoms with Crippen LogP contribution < -0.4 is 11.5 Å². The van der Waals surface area contributed by atoms with Crippen molar-refractivity contribution in [2.24, 2.45) is 5.73 Å². The van der Waals surface area contributed by atoms with Gasteiger partial charge in [0.1, 0.15) is 11.6 Å². The second-order valence-electron chi connectivity index (χ2n) is 7.57. The first-order valence-corrected chi connectivity index (χ1v) is 10.1. The zero-order chi connectivity index (χ0) is 19.8. The van der Waals surface area contributed by atoms with Crippen LogP contribution in [0.25, 0.3) is 16.6 Å². The molecule has 0 aliphatic heterocycles. The summed E-state index contributed by atoms with van der Waals surface area (Å²) in [5.41, 5.74) is 18.7. The van der Waals surface area contributed by atoms with Gasteiger partial charge in [-0.1, -0.05) is 30.3 Å². The van der Waals surface area contributed by atoms with E-state index in [-0.39, 0.29) is 0 Å². The molecule has 0 radical (unpaired) electrons. The van der Waals surface area contributed by atoms with E-state index in [1.165, 1.54) is 12.8 Å².